The van der Waals surface area contributed by atoms with Crippen molar-refractivity contribution >= 4 is 12.4 Å². The lowest BCUT2D eigenvalue weighted by Crippen LogP contribution is -2.26. The van der Waals surface area contributed by atoms with Crippen LogP contribution in [0.15, 0.2) is 18.2 Å². The molecule has 0 aliphatic rings. The summed E-state index contributed by atoms with van der Waals surface area (Å²) in [6.07, 6.45) is 1.01. The first-order valence-electron chi connectivity index (χ1n) is 5.45. The topological polar surface area (TPSA) is 21.7 Å². The Balaban J connectivity index is 0.00000256. The Hall–Kier alpha value is -0.930. The summed E-state index contributed by atoms with van der Waals surface area (Å²) in [5, 5.41) is 0. The van der Waals surface area contributed by atoms with E-state index >= 15 is 0 Å². The Bertz CT molecular complexity index is 342. The summed E-state index contributed by atoms with van der Waals surface area (Å²) in [6, 6.07) is 6.59. The van der Waals surface area contributed by atoms with Crippen molar-refractivity contribution in [2.75, 3.05) is 28.3 Å². The second-order valence-corrected chi connectivity index (χ2v) is 4.21. The number of hydrogen-bond donors (Lipinski definition) is 0. The molecule has 0 fully saturated rings. The van der Waals surface area contributed by atoms with Gasteiger partial charge in [-0.05, 0) is 45.1 Å². The molecule has 0 aliphatic heterocycles. The third-order valence-electron chi connectivity index (χ3n) is 2.86. The molecule has 1 unspecified atom stereocenters. The van der Waals surface area contributed by atoms with E-state index in [0.29, 0.717) is 6.04 Å². The number of halogens is 1. The molecular formula is C13H22ClNO2. The molecule has 4 heteroatoms. The van der Waals surface area contributed by atoms with Crippen molar-refractivity contribution in [1.29, 1.82) is 0 Å². The number of nitrogens with zero attached hydrogens (tertiary/aromatic N) is 1. The summed E-state index contributed by atoms with van der Waals surface area (Å²) in [5.41, 5.74) is 1.26. The fourth-order valence-electron chi connectivity index (χ4n) is 1.53. The molecule has 0 saturated heterocycles. The number of benzene rings is 1. The average molecular weight is 260 g/mol. The van der Waals surface area contributed by atoms with E-state index in [9.17, 15) is 0 Å². The van der Waals surface area contributed by atoms with E-state index in [0.717, 1.165) is 17.9 Å². The van der Waals surface area contributed by atoms with Crippen LogP contribution in [0.1, 0.15) is 12.5 Å². The van der Waals surface area contributed by atoms with Gasteiger partial charge in [0.05, 0.1) is 14.2 Å². The van der Waals surface area contributed by atoms with E-state index in [4.69, 9.17) is 9.47 Å². The Morgan fingerprint density at radius 3 is 2.18 bits per heavy atom. The van der Waals surface area contributed by atoms with Crippen molar-refractivity contribution < 1.29 is 9.47 Å². The minimum atomic E-state index is 0. The Morgan fingerprint density at radius 1 is 1.12 bits per heavy atom. The molecular weight excluding hydrogens is 238 g/mol. The molecule has 1 aromatic carbocycles. The van der Waals surface area contributed by atoms with Crippen LogP contribution in [0.25, 0.3) is 0 Å². The maximum absolute atomic E-state index is 5.28. The van der Waals surface area contributed by atoms with Crippen LogP contribution in [0, 0.1) is 0 Å². The number of methoxy groups -OCH3 is 2. The molecule has 0 aliphatic carbocycles. The van der Waals surface area contributed by atoms with Gasteiger partial charge < -0.3 is 14.4 Å². The third-order valence-corrected chi connectivity index (χ3v) is 2.86. The van der Waals surface area contributed by atoms with Gasteiger partial charge in [-0.1, -0.05) is 6.07 Å². The van der Waals surface area contributed by atoms with E-state index < -0.39 is 0 Å². The normalized spacial score (nSPS) is 11.9. The fourth-order valence-corrected chi connectivity index (χ4v) is 1.53. The predicted octanol–water partition coefficient (Wildman–Crippen LogP) is 2.62. The van der Waals surface area contributed by atoms with Crippen molar-refractivity contribution in [1.82, 2.24) is 4.90 Å². The monoisotopic (exact) mass is 259 g/mol. The third kappa shape index (κ3) is 4.44. The van der Waals surface area contributed by atoms with Crippen molar-refractivity contribution in [2.24, 2.45) is 0 Å². The maximum Gasteiger partial charge on any atom is 0.160 e. The molecule has 1 atom stereocenters. The standard InChI is InChI=1S/C13H21NO2.ClH/c1-10(14(2)3)8-11-6-7-12(15-4)13(9-11)16-5;/h6-7,9-10H,8H2,1-5H3;1H. The van der Waals surface area contributed by atoms with Crippen LogP contribution < -0.4 is 9.47 Å². The van der Waals surface area contributed by atoms with E-state index in [-0.39, 0.29) is 12.4 Å². The van der Waals surface area contributed by atoms with Crippen LogP contribution in [-0.4, -0.2) is 39.3 Å². The molecule has 1 aromatic rings. The highest BCUT2D eigenvalue weighted by atomic mass is 35.5. The molecule has 0 bridgehead atoms. The molecule has 1 rings (SSSR count). The van der Waals surface area contributed by atoms with Crippen LogP contribution in [0.3, 0.4) is 0 Å². The summed E-state index contributed by atoms with van der Waals surface area (Å²) in [5.74, 6) is 1.58. The van der Waals surface area contributed by atoms with Crippen molar-refractivity contribution in [3.63, 3.8) is 0 Å². The minimum absolute atomic E-state index is 0. The molecule has 0 N–H and O–H groups in total. The lowest BCUT2D eigenvalue weighted by atomic mass is 10.1. The van der Waals surface area contributed by atoms with Gasteiger partial charge in [0.15, 0.2) is 11.5 Å². The molecule has 0 radical (unpaired) electrons. The molecule has 0 saturated carbocycles. The first kappa shape index (κ1) is 16.1. The van der Waals surface area contributed by atoms with Gasteiger partial charge in [-0.25, -0.2) is 0 Å². The van der Waals surface area contributed by atoms with Crippen molar-refractivity contribution in [3.05, 3.63) is 23.8 Å². The first-order chi connectivity index (χ1) is 7.58. The van der Waals surface area contributed by atoms with Crippen LogP contribution in [0.5, 0.6) is 11.5 Å². The van der Waals surface area contributed by atoms with Gasteiger partial charge in [0.25, 0.3) is 0 Å². The van der Waals surface area contributed by atoms with Gasteiger partial charge in [-0.3, -0.25) is 0 Å². The lowest BCUT2D eigenvalue weighted by molar-refractivity contribution is 0.311. The summed E-state index contributed by atoms with van der Waals surface area (Å²) >= 11 is 0. The van der Waals surface area contributed by atoms with E-state index in [1.807, 2.05) is 12.1 Å². The highest BCUT2D eigenvalue weighted by Gasteiger charge is 2.09. The second kappa shape index (κ2) is 7.41. The molecule has 17 heavy (non-hydrogen) atoms. The Labute approximate surface area is 110 Å². The fraction of sp³-hybridized carbons (Fsp3) is 0.538. The summed E-state index contributed by atoms with van der Waals surface area (Å²) < 4.78 is 10.5. The molecule has 0 heterocycles. The number of hydrogen-bond acceptors (Lipinski definition) is 3. The van der Waals surface area contributed by atoms with Crippen molar-refractivity contribution in [2.45, 2.75) is 19.4 Å². The summed E-state index contributed by atoms with van der Waals surface area (Å²) in [7, 11) is 7.49. The zero-order valence-corrected chi connectivity index (χ0v) is 12.0. The molecule has 0 spiro atoms. The van der Waals surface area contributed by atoms with Gasteiger partial charge >= 0.3 is 0 Å². The van der Waals surface area contributed by atoms with Gasteiger partial charge in [0.2, 0.25) is 0 Å². The smallest absolute Gasteiger partial charge is 0.160 e. The molecule has 0 aromatic heterocycles. The second-order valence-electron chi connectivity index (χ2n) is 4.21. The minimum Gasteiger partial charge on any atom is -0.493 e. The van der Waals surface area contributed by atoms with Crippen LogP contribution >= 0.6 is 12.4 Å². The summed E-state index contributed by atoms with van der Waals surface area (Å²) in [6.45, 7) is 2.21. The molecule has 98 valence electrons. The van der Waals surface area contributed by atoms with Crippen molar-refractivity contribution in [3.8, 4) is 11.5 Å². The van der Waals surface area contributed by atoms with Gasteiger partial charge in [-0.2, -0.15) is 0 Å². The SMILES string of the molecule is COc1ccc(CC(C)N(C)C)cc1OC.Cl. The Morgan fingerprint density at radius 2 is 1.71 bits per heavy atom. The van der Waals surface area contributed by atoms with E-state index in [2.05, 4.69) is 32.0 Å². The van der Waals surface area contributed by atoms with Gasteiger partial charge in [0.1, 0.15) is 0 Å². The highest BCUT2D eigenvalue weighted by Crippen LogP contribution is 2.28. The lowest BCUT2D eigenvalue weighted by Gasteiger charge is -2.20. The van der Waals surface area contributed by atoms with Gasteiger partial charge in [0, 0.05) is 6.04 Å². The molecule has 0 amide bonds. The van der Waals surface area contributed by atoms with Crippen LogP contribution in [0.4, 0.5) is 0 Å². The summed E-state index contributed by atoms with van der Waals surface area (Å²) in [4.78, 5) is 2.21. The largest absolute Gasteiger partial charge is 0.493 e. The highest BCUT2D eigenvalue weighted by molar-refractivity contribution is 5.85. The van der Waals surface area contributed by atoms with Crippen LogP contribution in [-0.2, 0) is 6.42 Å². The van der Waals surface area contributed by atoms with E-state index in [1.54, 1.807) is 14.2 Å². The Kier molecular flexibility index (Phi) is 7.00. The first-order valence-corrected chi connectivity index (χ1v) is 5.45. The number of likely N-dealkylation sites (N-methyl/N-ethyl adjacent to an activating group) is 1. The maximum atomic E-state index is 5.28. The number of rotatable bonds is 5. The number of ether oxygens (including phenoxy) is 2. The zero-order valence-electron chi connectivity index (χ0n) is 11.2. The van der Waals surface area contributed by atoms with Crippen LogP contribution in [0.2, 0.25) is 0 Å². The predicted molar refractivity (Wildman–Crippen MR) is 73.6 cm³/mol. The zero-order chi connectivity index (χ0) is 12.1. The van der Waals surface area contributed by atoms with E-state index in [1.165, 1.54) is 5.56 Å². The quantitative estimate of drug-likeness (QED) is 0.812. The molecule has 3 nitrogen and oxygen atoms in total. The van der Waals surface area contributed by atoms with Gasteiger partial charge in [-0.15, -0.1) is 12.4 Å². The average Bonchev–Trinajstić information content (AvgIpc) is 2.28.